The highest BCUT2D eigenvalue weighted by atomic mass is 19.1. The molecule has 1 heterocycles. The van der Waals surface area contributed by atoms with Gasteiger partial charge in [0.1, 0.15) is 11.5 Å². The van der Waals surface area contributed by atoms with E-state index in [1.165, 1.54) is 42.9 Å². The maximum atomic E-state index is 14.0. The van der Waals surface area contributed by atoms with Gasteiger partial charge in [-0.2, -0.15) is 5.10 Å². The fourth-order valence-electron chi connectivity index (χ4n) is 3.66. The van der Waals surface area contributed by atoms with Gasteiger partial charge in [0.2, 0.25) is 0 Å². The first-order chi connectivity index (χ1) is 12.1. The topological polar surface area (TPSA) is 38.1 Å². The third-order valence-corrected chi connectivity index (χ3v) is 5.26. The highest BCUT2D eigenvalue weighted by Crippen LogP contribution is 2.23. The molecular formula is C20H26FN3O. The molecule has 3 rings (SSSR count). The summed E-state index contributed by atoms with van der Waals surface area (Å²) in [6, 6.07) is 6.76. The average Bonchev–Trinajstić information content (AvgIpc) is 2.95. The van der Waals surface area contributed by atoms with E-state index in [-0.39, 0.29) is 17.8 Å². The van der Waals surface area contributed by atoms with Crippen molar-refractivity contribution in [2.24, 2.45) is 0 Å². The number of aromatic nitrogens is 2. The maximum absolute atomic E-state index is 14.0. The molecule has 1 fully saturated rings. The first-order valence-corrected chi connectivity index (χ1v) is 9.16. The van der Waals surface area contributed by atoms with Crippen LogP contribution in [0.3, 0.4) is 0 Å². The lowest BCUT2D eigenvalue weighted by Gasteiger charge is -2.29. The summed E-state index contributed by atoms with van der Waals surface area (Å²) in [5, 5.41) is 4.26. The van der Waals surface area contributed by atoms with Crippen LogP contribution in [0.4, 0.5) is 4.39 Å². The third kappa shape index (κ3) is 3.75. The summed E-state index contributed by atoms with van der Waals surface area (Å²) in [7, 11) is 1.88. The Balaban J connectivity index is 1.82. The molecule has 0 aliphatic heterocycles. The van der Waals surface area contributed by atoms with E-state index in [2.05, 4.69) is 5.10 Å². The maximum Gasteiger partial charge on any atom is 0.257 e. The third-order valence-electron chi connectivity index (χ3n) is 5.26. The van der Waals surface area contributed by atoms with Gasteiger partial charge >= 0.3 is 0 Å². The smallest absolute Gasteiger partial charge is 0.257 e. The SMILES string of the molecule is Cc1c(C(=O)N(C)C2CCCCCCC2)cnn1-c1ccccc1F. The number of halogens is 1. The minimum absolute atomic E-state index is 0.0225. The van der Waals surface area contributed by atoms with Gasteiger partial charge in [0.15, 0.2) is 0 Å². The van der Waals surface area contributed by atoms with E-state index in [0.29, 0.717) is 16.9 Å². The average molecular weight is 343 g/mol. The summed E-state index contributed by atoms with van der Waals surface area (Å²) in [5.41, 5.74) is 1.59. The van der Waals surface area contributed by atoms with Gasteiger partial charge in [-0.15, -0.1) is 0 Å². The molecule has 1 aromatic carbocycles. The molecule has 134 valence electrons. The van der Waals surface area contributed by atoms with E-state index < -0.39 is 0 Å². The summed E-state index contributed by atoms with van der Waals surface area (Å²) in [4.78, 5) is 14.8. The molecule has 0 bridgehead atoms. The predicted octanol–water partition coefficient (Wildman–Crippen LogP) is 4.50. The predicted molar refractivity (Wildman–Crippen MR) is 96.5 cm³/mol. The number of para-hydroxylation sites is 1. The molecule has 1 amide bonds. The van der Waals surface area contributed by atoms with Crippen LogP contribution in [-0.2, 0) is 0 Å². The molecule has 4 nitrogen and oxygen atoms in total. The minimum atomic E-state index is -0.346. The molecule has 2 aromatic rings. The lowest BCUT2D eigenvalue weighted by molar-refractivity contribution is 0.0706. The first kappa shape index (κ1) is 17.6. The Morgan fingerprint density at radius 2 is 1.80 bits per heavy atom. The van der Waals surface area contributed by atoms with Crippen molar-refractivity contribution in [3.8, 4) is 5.69 Å². The van der Waals surface area contributed by atoms with Crippen molar-refractivity contribution in [2.45, 2.75) is 57.9 Å². The Bertz CT molecular complexity index is 732. The molecule has 5 heteroatoms. The van der Waals surface area contributed by atoms with Crippen LogP contribution in [0.2, 0.25) is 0 Å². The van der Waals surface area contributed by atoms with Crippen LogP contribution in [0.15, 0.2) is 30.5 Å². The number of hydrogen-bond donors (Lipinski definition) is 0. The second-order valence-corrected chi connectivity index (χ2v) is 6.92. The number of benzene rings is 1. The van der Waals surface area contributed by atoms with Crippen molar-refractivity contribution in [1.82, 2.24) is 14.7 Å². The van der Waals surface area contributed by atoms with Gasteiger partial charge in [-0.1, -0.05) is 44.2 Å². The largest absolute Gasteiger partial charge is 0.339 e. The number of nitrogens with zero attached hydrogens (tertiary/aromatic N) is 3. The van der Waals surface area contributed by atoms with Gasteiger partial charge in [0.05, 0.1) is 17.5 Å². The van der Waals surface area contributed by atoms with Gasteiger partial charge < -0.3 is 4.90 Å². The summed E-state index contributed by atoms with van der Waals surface area (Å²) in [5.74, 6) is -0.369. The summed E-state index contributed by atoms with van der Waals surface area (Å²) < 4.78 is 15.6. The second-order valence-electron chi connectivity index (χ2n) is 6.92. The van der Waals surface area contributed by atoms with Gasteiger partial charge in [-0.05, 0) is 31.9 Å². The van der Waals surface area contributed by atoms with Gasteiger partial charge in [-0.25, -0.2) is 9.07 Å². The zero-order valence-electron chi connectivity index (χ0n) is 15.0. The number of carbonyl (C=O) groups excluding carboxylic acids is 1. The van der Waals surface area contributed by atoms with Crippen LogP contribution in [-0.4, -0.2) is 33.7 Å². The molecule has 0 radical (unpaired) electrons. The number of hydrogen-bond acceptors (Lipinski definition) is 2. The van der Waals surface area contributed by atoms with Crippen LogP contribution in [0.25, 0.3) is 5.69 Å². The van der Waals surface area contributed by atoms with Crippen molar-refractivity contribution in [2.75, 3.05) is 7.05 Å². The Morgan fingerprint density at radius 1 is 1.16 bits per heavy atom. The van der Waals surface area contributed by atoms with E-state index >= 15 is 0 Å². The number of rotatable bonds is 3. The Morgan fingerprint density at radius 3 is 2.48 bits per heavy atom. The van der Waals surface area contributed by atoms with Gasteiger partial charge in [0.25, 0.3) is 5.91 Å². The zero-order chi connectivity index (χ0) is 17.8. The molecule has 25 heavy (non-hydrogen) atoms. The highest BCUT2D eigenvalue weighted by molar-refractivity contribution is 5.95. The van der Waals surface area contributed by atoms with Crippen molar-refractivity contribution >= 4 is 5.91 Å². The molecule has 1 aromatic heterocycles. The lowest BCUT2D eigenvalue weighted by Crippen LogP contribution is -2.37. The summed E-state index contributed by atoms with van der Waals surface area (Å²) in [6.07, 6.45) is 9.84. The van der Waals surface area contributed by atoms with Gasteiger partial charge in [-0.3, -0.25) is 4.79 Å². The normalized spacial score (nSPS) is 16.3. The number of amides is 1. The monoisotopic (exact) mass is 343 g/mol. The highest BCUT2D eigenvalue weighted by Gasteiger charge is 2.25. The lowest BCUT2D eigenvalue weighted by atomic mass is 9.95. The van der Waals surface area contributed by atoms with Crippen molar-refractivity contribution in [1.29, 1.82) is 0 Å². The second kappa shape index (κ2) is 7.81. The fraction of sp³-hybridized carbons (Fsp3) is 0.500. The molecule has 0 saturated heterocycles. The van der Waals surface area contributed by atoms with Crippen LogP contribution < -0.4 is 0 Å². The molecule has 0 atom stereocenters. The van der Waals surface area contributed by atoms with Crippen LogP contribution in [0.1, 0.15) is 61.0 Å². The minimum Gasteiger partial charge on any atom is -0.339 e. The zero-order valence-corrected chi connectivity index (χ0v) is 15.0. The fourth-order valence-corrected chi connectivity index (χ4v) is 3.66. The van der Waals surface area contributed by atoms with Crippen molar-refractivity contribution < 1.29 is 9.18 Å². The Labute approximate surface area is 148 Å². The number of carbonyl (C=O) groups is 1. The summed E-state index contributed by atoms with van der Waals surface area (Å²) >= 11 is 0. The van der Waals surface area contributed by atoms with E-state index in [1.54, 1.807) is 24.4 Å². The van der Waals surface area contributed by atoms with Crippen molar-refractivity contribution in [3.05, 3.63) is 47.5 Å². The van der Waals surface area contributed by atoms with E-state index in [1.807, 2.05) is 18.9 Å². The Kier molecular flexibility index (Phi) is 5.51. The molecular weight excluding hydrogens is 317 g/mol. The van der Waals surface area contributed by atoms with Gasteiger partial charge in [0, 0.05) is 13.1 Å². The quantitative estimate of drug-likeness (QED) is 0.823. The molecule has 0 unspecified atom stereocenters. The summed E-state index contributed by atoms with van der Waals surface area (Å²) in [6.45, 7) is 1.82. The van der Waals surface area contributed by atoms with Crippen molar-refractivity contribution in [3.63, 3.8) is 0 Å². The molecule has 0 N–H and O–H groups in total. The van der Waals surface area contributed by atoms with E-state index in [9.17, 15) is 9.18 Å². The van der Waals surface area contributed by atoms with Crippen LogP contribution in [0, 0.1) is 12.7 Å². The standard InChI is InChI=1S/C20H26FN3O/c1-15-17(14-22-24(15)19-13-9-8-12-18(19)21)20(25)23(2)16-10-6-4-3-5-7-11-16/h8-9,12-14,16H,3-7,10-11H2,1-2H3. The molecule has 1 saturated carbocycles. The first-order valence-electron chi connectivity index (χ1n) is 9.16. The van der Waals surface area contributed by atoms with Crippen LogP contribution in [0.5, 0.6) is 0 Å². The van der Waals surface area contributed by atoms with Crippen LogP contribution >= 0.6 is 0 Å². The molecule has 0 spiro atoms. The molecule has 1 aliphatic carbocycles. The van der Waals surface area contributed by atoms with E-state index in [0.717, 1.165) is 12.8 Å². The van der Waals surface area contributed by atoms with E-state index in [4.69, 9.17) is 0 Å². The molecule has 1 aliphatic rings. The Hall–Kier alpha value is -2.17.